The third kappa shape index (κ3) is 3.03. The summed E-state index contributed by atoms with van der Waals surface area (Å²) < 4.78 is 39.6. The first-order chi connectivity index (χ1) is 14.8. The molecule has 5 aromatic rings. The van der Waals surface area contributed by atoms with E-state index in [2.05, 4.69) is 23.0 Å². The molecule has 0 radical (unpaired) electrons. The van der Waals surface area contributed by atoms with Crippen molar-refractivity contribution in [1.82, 2.24) is 9.97 Å². The monoisotopic (exact) mass is 418 g/mol. The first-order valence-electron chi connectivity index (χ1n) is 10.1. The molecule has 0 aliphatic carbocycles. The maximum absolute atomic E-state index is 13.2. The lowest BCUT2D eigenvalue weighted by molar-refractivity contribution is -0.137. The molecule has 0 saturated heterocycles. The van der Waals surface area contributed by atoms with Crippen molar-refractivity contribution in [3.05, 3.63) is 107 Å². The van der Waals surface area contributed by atoms with Gasteiger partial charge >= 0.3 is 6.18 Å². The molecule has 0 aliphatic heterocycles. The normalized spacial score (nSPS) is 14.2. The molecule has 2 heterocycles. The maximum atomic E-state index is 13.2. The number of para-hydroxylation sites is 1. The van der Waals surface area contributed by atoms with Crippen molar-refractivity contribution in [3.63, 3.8) is 0 Å². The van der Waals surface area contributed by atoms with Crippen molar-refractivity contribution >= 4 is 21.8 Å². The molecule has 2 nitrogen and oxygen atoms in total. The predicted octanol–water partition coefficient (Wildman–Crippen LogP) is 7.33. The van der Waals surface area contributed by atoms with Crippen molar-refractivity contribution in [1.29, 1.82) is 0 Å². The molecule has 2 N–H and O–H groups in total. The van der Waals surface area contributed by atoms with E-state index in [1.807, 2.05) is 55.7 Å². The molecule has 0 saturated carbocycles. The number of halogens is 3. The molecule has 0 fully saturated rings. The Bertz CT molecular complexity index is 1390. The van der Waals surface area contributed by atoms with E-state index in [-0.39, 0.29) is 0 Å². The SMILES string of the molecule is Cc1ccc2[nH]cc(C(C)(c3ccc(C(F)(F)F)cc3)c3c[nH]c4ccccc34)c2c1. The van der Waals surface area contributed by atoms with Gasteiger partial charge in [0.2, 0.25) is 0 Å². The number of hydrogen-bond acceptors (Lipinski definition) is 0. The number of aromatic nitrogens is 2. The minimum Gasteiger partial charge on any atom is -0.361 e. The highest BCUT2D eigenvalue weighted by Gasteiger charge is 2.37. The Labute approximate surface area is 177 Å². The average molecular weight is 418 g/mol. The second kappa shape index (κ2) is 6.77. The summed E-state index contributed by atoms with van der Waals surface area (Å²) in [6.45, 7) is 4.12. The highest BCUT2D eigenvalue weighted by Crippen LogP contribution is 2.45. The van der Waals surface area contributed by atoms with E-state index in [1.54, 1.807) is 12.1 Å². The fourth-order valence-electron chi connectivity index (χ4n) is 4.58. The van der Waals surface area contributed by atoms with Gasteiger partial charge in [-0.1, -0.05) is 42.0 Å². The van der Waals surface area contributed by atoms with Gasteiger partial charge in [0.25, 0.3) is 0 Å². The van der Waals surface area contributed by atoms with E-state index < -0.39 is 17.2 Å². The van der Waals surface area contributed by atoms with Gasteiger partial charge in [0.05, 0.1) is 5.56 Å². The molecule has 0 bridgehead atoms. The summed E-state index contributed by atoms with van der Waals surface area (Å²) >= 11 is 0. The smallest absolute Gasteiger partial charge is 0.361 e. The van der Waals surface area contributed by atoms with Gasteiger partial charge in [0.1, 0.15) is 0 Å². The van der Waals surface area contributed by atoms with Crippen molar-refractivity contribution in [3.8, 4) is 0 Å². The Kier molecular flexibility index (Phi) is 4.26. The van der Waals surface area contributed by atoms with E-state index >= 15 is 0 Å². The average Bonchev–Trinajstić information content (AvgIpc) is 3.37. The number of benzene rings is 3. The number of H-pyrrole nitrogens is 2. The van der Waals surface area contributed by atoms with E-state index in [1.165, 1.54) is 12.1 Å². The summed E-state index contributed by atoms with van der Waals surface area (Å²) in [5.41, 5.74) is 4.64. The molecule has 31 heavy (non-hydrogen) atoms. The number of nitrogens with one attached hydrogen (secondary N) is 2. The largest absolute Gasteiger partial charge is 0.416 e. The van der Waals surface area contributed by atoms with Crippen LogP contribution in [0.2, 0.25) is 0 Å². The van der Waals surface area contributed by atoms with Crippen molar-refractivity contribution in [2.45, 2.75) is 25.4 Å². The lowest BCUT2D eigenvalue weighted by Crippen LogP contribution is -2.25. The van der Waals surface area contributed by atoms with E-state index in [9.17, 15) is 13.2 Å². The summed E-state index contributed by atoms with van der Waals surface area (Å²) in [4.78, 5) is 6.68. The molecular weight excluding hydrogens is 397 g/mol. The third-order valence-corrected chi connectivity index (χ3v) is 6.29. The van der Waals surface area contributed by atoms with Crippen molar-refractivity contribution in [2.75, 3.05) is 0 Å². The second-order valence-electron chi connectivity index (χ2n) is 8.20. The van der Waals surface area contributed by atoms with Gasteiger partial charge in [-0.25, -0.2) is 0 Å². The number of rotatable bonds is 3. The molecule has 156 valence electrons. The Morgan fingerprint density at radius 2 is 1.26 bits per heavy atom. The molecule has 2 aromatic heterocycles. The van der Waals surface area contributed by atoms with Gasteiger partial charge in [-0.05, 0) is 60.9 Å². The molecule has 5 heteroatoms. The zero-order chi connectivity index (χ0) is 21.8. The maximum Gasteiger partial charge on any atom is 0.416 e. The molecule has 1 unspecified atom stereocenters. The van der Waals surface area contributed by atoms with Crippen LogP contribution >= 0.6 is 0 Å². The highest BCUT2D eigenvalue weighted by atomic mass is 19.4. The fourth-order valence-corrected chi connectivity index (χ4v) is 4.58. The zero-order valence-corrected chi connectivity index (χ0v) is 17.1. The first kappa shape index (κ1) is 19.5. The van der Waals surface area contributed by atoms with Crippen LogP contribution in [0.4, 0.5) is 13.2 Å². The standard InChI is InChI=1S/C26H21F3N2/c1-16-7-12-24-20(13-16)22(15-31-24)25(2,17-8-10-18(11-9-17)26(27,28)29)21-14-30-23-6-4-3-5-19(21)23/h3-15,30-31H,1-2H3. The second-order valence-corrected chi connectivity index (χ2v) is 8.20. The Hall–Kier alpha value is -3.47. The van der Waals surface area contributed by atoms with E-state index in [0.29, 0.717) is 0 Å². The number of aromatic amines is 2. The summed E-state index contributed by atoms with van der Waals surface area (Å²) in [6, 6.07) is 19.7. The Morgan fingerprint density at radius 3 is 1.94 bits per heavy atom. The highest BCUT2D eigenvalue weighted by molar-refractivity contribution is 5.90. The van der Waals surface area contributed by atoms with Crippen molar-refractivity contribution < 1.29 is 13.2 Å². The van der Waals surface area contributed by atoms with Gasteiger partial charge < -0.3 is 9.97 Å². The Balaban J connectivity index is 1.81. The minimum absolute atomic E-state index is 0.646. The predicted molar refractivity (Wildman–Crippen MR) is 118 cm³/mol. The van der Waals surface area contributed by atoms with Gasteiger partial charge in [0, 0.05) is 39.6 Å². The number of hydrogen-bond donors (Lipinski definition) is 2. The van der Waals surface area contributed by atoms with Crippen LogP contribution in [-0.2, 0) is 11.6 Å². The van der Waals surface area contributed by atoms with Crippen LogP contribution in [0.3, 0.4) is 0 Å². The first-order valence-corrected chi connectivity index (χ1v) is 10.1. The lowest BCUT2D eigenvalue weighted by atomic mass is 9.70. The quantitative estimate of drug-likeness (QED) is 0.307. The van der Waals surface area contributed by atoms with Gasteiger partial charge in [0.15, 0.2) is 0 Å². The van der Waals surface area contributed by atoms with E-state index in [4.69, 9.17) is 0 Å². The molecule has 3 aromatic carbocycles. The summed E-state index contributed by atoms with van der Waals surface area (Å²) in [5.74, 6) is 0. The van der Waals surface area contributed by atoms with Crippen LogP contribution in [0.5, 0.6) is 0 Å². The van der Waals surface area contributed by atoms with Gasteiger partial charge in [-0.15, -0.1) is 0 Å². The van der Waals surface area contributed by atoms with Crippen molar-refractivity contribution in [2.24, 2.45) is 0 Å². The summed E-state index contributed by atoms with van der Waals surface area (Å²) in [5, 5.41) is 2.11. The molecule has 1 atom stereocenters. The molecule has 0 amide bonds. The molecule has 5 rings (SSSR count). The van der Waals surface area contributed by atoms with Crippen LogP contribution in [0.15, 0.2) is 79.1 Å². The number of alkyl halides is 3. The summed E-state index contributed by atoms with van der Waals surface area (Å²) in [7, 11) is 0. The zero-order valence-electron chi connectivity index (χ0n) is 17.1. The van der Waals surface area contributed by atoms with E-state index in [0.717, 1.165) is 44.1 Å². The molecule has 0 aliphatic rings. The van der Waals surface area contributed by atoms with Gasteiger partial charge in [-0.3, -0.25) is 0 Å². The van der Waals surface area contributed by atoms with Crippen LogP contribution in [0.1, 0.15) is 34.7 Å². The van der Waals surface area contributed by atoms with Crippen LogP contribution in [0, 0.1) is 6.92 Å². The minimum atomic E-state index is -4.37. The number of fused-ring (bicyclic) bond motifs is 2. The number of aryl methyl sites for hydroxylation is 1. The summed E-state index contributed by atoms with van der Waals surface area (Å²) in [6.07, 6.45) is -0.422. The molecular formula is C26H21F3N2. The fraction of sp³-hybridized carbons (Fsp3) is 0.154. The Morgan fingerprint density at radius 1 is 0.677 bits per heavy atom. The topological polar surface area (TPSA) is 31.6 Å². The third-order valence-electron chi connectivity index (χ3n) is 6.29. The van der Waals surface area contributed by atoms with Gasteiger partial charge in [-0.2, -0.15) is 13.2 Å². The van der Waals surface area contributed by atoms with Crippen LogP contribution < -0.4 is 0 Å². The molecule has 0 spiro atoms. The van der Waals surface area contributed by atoms with Crippen LogP contribution in [-0.4, -0.2) is 9.97 Å². The lowest BCUT2D eigenvalue weighted by Gasteiger charge is -2.31. The van der Waals surface area contributed by atoms with Crippen LogP contribution in [0.25, 0.3) is 21.8 Å².